The van der Waals surface area contributed by atoms with Crippen LogP contribution in [0.1, 0.15) is 47.1 Å². The topological polar surface area (TPSA) is 117 Å². The fourth-order valence-corrected chi connectivity index (χ4v) is 3.90. The first-order valence-electron chi connectivity index (χ1n) is 9.86. The summed E-state index contributed by atoms with van der Waals surface area (Å²) in [6, 6.07) is 6.05. The molecule has 10 heteroatoms. The summed E-state index contributed by atoms with van der Waals surface area (Å²) in [5, 5.41) is 2.45. The Balaban J connectivity index is 2.39. The van der Waals surface area contributed by atoms with Crippen molar-refractivity contribution in [2.75, 3.05) is 13.2 Å². The van der Waals surface area contributed by atoms with E-state index in [2.05, 4.69) is 5.32 Å². The second kappa shape index (κ2) is 8.76. The van der Waals surface area contributed by atoms with Crippen LogP contribution < -0.4 is 5.32 Å². The third-order valence-corrected chi connectivity index (χ3v) is 5.52. The number of hydrogen-bond donors (Lipinski definition) is 1. The Kier molecular flexibility index (Phi) is 7.09. The number of alkyl carbamates (subject to hydrolysis) is 1. The molecule has 0 radical (unpaired) electrons. The van der Waals surface area contributed by atoms with E-state index < -0.39 is 45.0 Å². The summed E-state index contributed by atoms with van der Waals surface area (Å²) in [4.78, 5) is 25.5. The van der Waals surface area contributed by atoms with Gasteiger partial charge in [-0.25, -0.2) is 9.59 Å². The molecule has 0 saturated carbocycles. The molecule has 1 aliphatic rings. The minimum absolute atomic E-state index is 0.0830. The molecule has 0 aromatic heterocycles. The zero-order valence-corrected chi connectivity index (χ0v) is 19.8. The number of esters is 1. The van der Waals surface area contributed by atoms with E-state index in [1.807, 2.05) is 6.92 Å². The van der Waals surface area contributed by atoms with Crippen LogP contribution in [-0.2, 0) is 33.3 Å². The van der Waals surface area contributed by atoms with Crippen LogP contribution in [0.4, 0.5) is 4.79 Å². The Morgan fingerprint density at radius 1 is 1.03 bits per heavy atom. The molecule has 0 aliphatic carbocycles. The van der Waals surface area contributed by atoms with Crippen LogP contribution in [0.15, 0.2) is 29.2 Å². The van der Waals surface area contributed by atoms with Crippen molar-refractivity contribution in [1.29, 1.82) is 0 Å². The molecular formula is C21H31NO8S. The third kappa shape index (κ3) is 6.65. The molecule has 0 unspecified atom stereocenters. The van der Waals surface area contributed by atoms with E-state index in [0.29, 0.717) is 0 Å². The highest BCUT2D eigenvalue weighted by atomic mass is 32.2. The summed E-state index contributed by atoms with van der Waals surface area (Å²) in [6.07, 6.45) is -2.29. The molecule has 1 N–H and O–H groups in total. The number of nitrogens with one attached hydrogen (secondary N) is 1. The molecule has 1 amide bonds. The van der Waals surface area contributed by atoms with Gasteiger partial charge in [0.05, 0.1) is 18.1 Å². The molecule has 1 aliphatic heterocycles. The van der Waals surface area contributed by atoms with Crippen molar-refractivity contribution in [2.24, 2.45) is 0 Å². The van der Waals surface area contributed by atoms with Gasteiger partial charge in [0.15, 0.2) is 5.54 Å². The van der Waals surface area contributed by atoms with E-state index in [9.17, 15) is 18.0 Å². The average Bonchev–Trinajstić information content (AvgIpc) is 2.94. The minimum Gasteiger partial charge on any atom is -0.458 e. The van der Waals surface area contributed by atoms with Crippen molar-refractivity contribution in [1.82, 2.24) is 5.32 Å². The number of ether oxygens (including phenoxy) is 3. The first-order valence-corrected chi connectivity index (χ1v) is 11.3. The molecule has 0 spiro atoms. The summed E-state index contributed by atoms with van der Waals surface area (Å²) < 4.78 is 47.2. The van der Waals surface area contributed by atoms with Gasteiger partial charge in [-0.05, 0) is 60.6 Å². The van der Waals surface area contributed by atoms with Crippen LogP contribution in [0.5, 0.6) is 0 Å². The first-order chi connectivity index (χ1) is 14.0. The van der Waals surface area contributed by atoms with E-state index in [4.69, 9.17) is 18.4 Å². The zero-order chi connectivity index (χ0) is 23.7. The van der Waals surface area contributed by atoms with Gasteiger partial charge < -0.3 is 19.5 Å². The largest absolute Gasteiger partial charge is 0.458 e. The summed E-state index contributed by atoms with van der Waals surface area (Å²) in [7, 11) is -4.26. The fraction of sp³-hybridized carbons (Fsp3) is 0.619. The van der Waals surface area contributed by atoms with Crippen LogP contribution in [0, 0.1) is 6.92 Å². The van der Waals surface area contributed by atoms with Gasteiger partial charge in [0.2, 0.25) is 0 Å². The average molecular weight is 458 g/mol. The highest BCUT2D eigenvalue weighted by molar-refractivity contribution is 7.86. The van der Waals surface area contributed by atoms with E-state index in [1.165, 1.54) is 12.1 Å². The lowest BCUT2D eigenvalue weighted by molar-refractivity contribution is -0.166. The second-order valence-electron chi connectivity index (χ2n) is 9.47. The van der Waals surface area contributed by atoms with Crippen LogP contribution in [0.3, 0.4) is 0 Å². The molecule has 1 heterocycles. The standard InChI is InChI=1S/C21H31NO8S/c1-14-8-10-15(11-9-14)31(25,26)30-16-12-27-13-21(16,17(23)28-19(2,3)4)22-18(24)29-20(5,6)7/h8-11,16H,12-13H2,1-7H3,(H,22,24)/t16-,21+/m0/s1. The lowest BCUT2D eigenvalue weighted by Crippen LogP contribution is -2.64. The van der Waals surface area contributed by atoms with Gasteiger partial charge in [0, 0.05) is 0 Å². The van der Waals surface area contributed by atoms with Gasteiger partial charge in [0.1, 0.15) is 17.3 Å². The van der Waals surface area contributed by atoms with Crippen molar-refractivity contribution in [2.45, 2.75) is 76.2 Å². The number of carbonyl (C=O) groups is 2. The molecule has 2 atom stereocenters. The number of benzene rings is 1. The van der Waals surface area contributed by atoms with Crippen LogP contribution in [0.2, 0.25) is 0 Å². The quantitative estimate of drug-likeness (QED) is 0.530. The predicted molar refractivity (Wildman–Crippen MR) is 112 cm³/mol. The minimum atomic E-state index is -4.26. The van der Waals surface area contributed by atoms with Crippen molar-refractivity contribution >= 4 is 22.2 Å². The third-order valence-electron chi connectivity index (χ3n) is 4.19. The predicted octanol–water partition coefficient (Wildman–Crippen LogP) is 2.70. The van der Waals surface area contributed by atoms with Crippen molar-refractivity contribution < 1.29 is 36.4 Å². The summed E-state index contributed by atoms with van der Waals surface area (Å²) >= 11 is 0. The van der Waals surface area contributed by atoms with Crippen molar-refractivity contribution in [3.8, 4) is 0 Å². The Morgan fingerprint density at radius 2 is 1.58 bits per heavy atom. The van der Waals surface area contributed by atoms with Gasteiger partial charge in [0.25, 0.3) is 10.1 Å². The van der Waals surface area contributed by atoms with E-state index in [-0.39, 0.29) is 18.1 Å². The lowest BCUT2D eigenvalue weighted by atomic mass is 9.95. The molecule has 2 rings (SSSR count). The fourth-order valence-electron chi connectivity index (χ4n) is 2.80. The molecule has 174 valence electrons. The van der Waals surface area contributed by atoms with Crippen LogP contribution in [-0.4, -0.2) is 56.5 Å². The van der Waals surface area contributed by atoms with Gasteiger partial charge in [-0.15, -0.1) is 0 Å². The summed E-state index contributed by atoms with van der Waals surface area (Å²) in [5.74, 6) is -0.882. The second-order valence-corrected chi connectivity index (χ2v) is 11.0. The van der Waals surface area contributed by atoms with Crippen molar-refractivity contribution in [3.63, 3.8) is 0 Å². The van der Waals surface area contributed by atoms with Gasteiger partial charge in [-0.1, -0.05) is 17.7 Å². The van der Waals surface area contributed by atoms with Gasteiger partial charge >= 0.3 is 12.1 Å². The number of rotatable bonds is 5. The molecule has 31 heavy (non-hydrogen) atoms. The molecule has 1 aromatic rings. The molecule has 1 fully saturated rings. The zero-order valence-electron chi connectivity index (χ0n) is 19.0. The smallest absolute Gasteiger partial charge is 0.408 e. The normalized spacial score (nSPS) is 22.1. The monoisotopic (exact) mass is 457 g/mol. The Hall–Kier alpha value is -2.17. The van der Waals surface area contributed by atoms with Crippen LogP contribution >= 0.6 is 0 Å². The SMILES string of the molecule is Cc1ccc(S(=O)(=O)O[C@H]2COC[C@]2(NC(=O)OC(C)(C)C)C(=O)OC(C)(C)C)cc1. The van der Waals surface area contributed by atoms with Gasteiger partial charge in [-0.2, -0.15) is 8.42 Å². The Morgan fingerprint density at radius 3 is 2.10 bits per heavy atom. The maximum Gasteiger partial charge on any atom is 0.408 e. The Bertz CT molecular complexity index is 912. The van der Waals surface area contributed by atoms with Crippen molar-refractivity contribution in [3.05, 3.63) is 29.8 Å². The Labute approximate surface area is 183 Å². The molecule has 1 saturated heterocycles. The van der Waals surface area contributed by atoms with Crippen LogP contribution in [0.25, 0.3) is 0 Å². The molecule has 1 aromatic carbocycles. The van der Waals surface area contributed by atoms with E-state index >= 15 is 0 Å². The highest BCUT2D eigenvalue weighted by Crippen LogP contribution is 2.30. The summed E-state index contributed by atoms with van der Waals surface area (Å²) in [5.41, 5.74) is -2.78. The number of hydrogen-bond acceptors (Lipinski definition) is 8. The molecule has 0 bridgehead atoms. The lowest BCUT2D eigenvalue weighted by Gasteiger charge is -2.34. The molecular weight excluding hydrogens is 426 g/mol. The molecule has 9 nitrogen and oxygen atoms in total. The van der Waals surface area contributed by atoms with E-state index in [1.54, 1.807) is 53.7 Å². The number of carbonyl (C=O) groups excluding carboxylic acids is 2. The summed E-state index contributed by atoms with van der Waals surface area (Å²) in [6.45, 7) is 11.2. The van der Waals surface area contributed by atoms with Gasteiger partial charge in [-0.3, -0.25) is 4.18 Å². The van der Waals surface area contributed by atoms with E-state index in [0.717, 1.165) is 5.56 Å². The number of aryl methyl sites for hydroxylation is 1. The number of amides is 1. The highest BCUT2D eigenvalue weighted by Gasteiger charge is 2.57. The first kappa shape index (κ1) is 25.1. The maximum absolute atomic E-state index is 13.1. The maximum atomic E-state index is 13.1.